The maximum atomic E-state index is 12.5. The molecule has 2 aromatic rings. The molecule has 13 heteroatoms. The van der Waals surface area contributed by atoms with Crippen molar-refractivity contribution in [2.45, 2.75) is 102 Å². The molecule has 2 aliphatic rings. The Labute approximate surface area is 287 Å². The molecule has 2 aromatic carbocycles. The van der Waals surface area contributed by atoms with Crippen LogP contribution < -0.4 is 5.32 Å². The van der Waals surface area contributed by atoms with Crippen LogP contribution in [-0.2, 0) is 56.0 Å². The van der Waals surface area contributed by atoms with Crippen LogP contribution in [-0.4, -0.2) is 108 Å². The molecule has 0 radical (unpaired) electrons. The second kappa shape index (κ2) is 18.1. The topological polar surface area (TPSA) is 171 Å². The number of rotatable bonds is 15. The van der Waals surface area contributed by atoms with Gasteiger partial charge in [0.2, 0.25) is 5.91 Å². The summed E-state index contributed by atoms with van der Waals surface area (Å²) in [6, 6.07) is 17.7. The molecule has 2 heterocycles. The molecule has 13 nitrogen and oxygen atoms in total. The van der Waals surface area contributed by atoms with Crippen LogP contribution in [0.2, 0.25) is 0 Å². The summed E-state index contributed by atoms with van der Waals surface area (Å²) in [5, 5.41) is 37.1. The lowest BCUT2D eigenvalue weighted by Crippen LogP contribution is -2.68. The van der Waals surface area contributed by atoms with Crippen LogP contribution in [0.15, 0.2) is 73.3 Å². The van der Waals surface area contributed by atoms with E-state index in [1.807, 2.05) is 60.7 Å². The number of esters is 1. The zero-order chi connectivity index (χ0) is 35.6. The Kier molecular flexibility index (Phi) is 14.3. The molecule has 2 fully saturated rings. The normalized spacial score (nSPS) is 30.3. The first kappa shape index (κ1) is 38.6. The van der Waals surface area contributed by atoms with E-state index in [1.54, 1.807) is 20.8 Å². The zero-order valence-corrected chi connectivity index (χ0v) is 28.4. The minimum atomic E-state index is -1.57. The number of hydrogen-bond acceptors (Lipinski definition) is 12. The second-order valence-electron chi connectivity index (χ2n) is 13.1. The first-order valence-corrected chi connectivity index (χ1v) is 16.3. The summed E-state index contributed by atoms with van der Waals surface area (Å²) in [4.78, 5) is 24.9. The summed E-state index contributed by atoms with van der Waals surface area (Å²) >= 11 is 0. The second-order valence-corrected chi connectivity index (χ2v) is 13.1. The summed E-state index contributed by atoms with van der Waals surface area (Å²) in [5.74, 6) is -1.02. The molecule has 0 saturated carbocycles. The summed E-state index contributed by atoms with van der Waals surface area (Å²) in [6.07, 6.45) is -10.3. The highest BCUT2D eigenvalue weighted by Gasteiger charge is 2.52. The van der Waals surface area contributed by atoms with E-state index < -0.39 is 78.6 Å². The van der Waals surface area contributed by atoms with Crippen molar-refractivity contribution in [3.63, 3.8) is 0 Å². The SMILES string of the molecule is C=CCO[C@@H]1O[C@H](COC(=O)C(C)(C)C)[C@H](O)[C@H](O[C@@H]2O[C@H](COCc3ccccc3)[C@@H](OCc3ccccc3)[C@H](O)[C@H]2NC(C)=O)[C@H]1O. The molecule has 0 aliphatic carbocycles. The van der Waals surface area contributed by atoms with Crippen LogP contribution in [0.3, 0.4) is 0 Å². The summed E-state index contributed by atoms with van der Waals surface area (Å²) in [5.41, 5.74) is 0.953. The fourth-order valence-electron chi connectivity index (χ4n) is 5.43. The molecule has 4 N–H and O–H groups in total. The van der Waals surface area contributed by atoms with Crippen molar-refractivity contribution in [3.05, 3.63) is 84.4 Å². The highest BCUT2D eigenvalue weighted by Crippen LogP contribution is 2.32. The van der Waals surface area contributed by atoms with Gasteiger partial charge in [0, 0.05) is 6.92 Å². The molecule has 0 unspecified atom stereocenters. The van der Waals surface area contributed by atoms with Gasteiger partial charge in [-0.3, -0.25) is 9.59 Å². The van der Waals surface area contributed by atoms with E-state index in [0.717, 1.165) is 11.1 Å². The lowest BCUT2D eigenvalue weighted by atomic mass is 9.95. The minimum absolute atomic E-state index is 0.00649. The van der Waals surface area contributed by atoms with Crippen LogP contribution in [0, 0.1) is 5.41 Å². The van der Waals surface area contributed by atoms with E-state index in [0.29, 0.717) is 0 Å². The molecule has 0 spiro atoms. The monoisotopic (exact) mass is 687 g/mol. The van der Waals surface area contributed by atoms with Gasteiger partial charge >= 0.3 is 5.97 Å². The highest BCUT2D eigenvalue weighted by molar-refractivity contribution is 5.75. The molecule has 0 aromatic heterocycles. The van der Waals surface area contributed by atoms with E-state index in [4.69, 9.17) is 33.2 Å². The van der Waals surface area contributed by atoms with Crippen LogP contribution in [0.25, 0.3) is 0 Å². The molecule has 4 rings (SSSR count). The Morgan fingerprint density at radius 3 is 2.02 bits per heavy atom. The van der Waals surface area contributed by atoms with E-state index in [9.17, 15) is 24.9 Å². The number of hydrogen-bond donors (Lipinski definition) is 4. The fraction of sp³-hybridized carbons (Fsp3) is 0.556. The lowest BCUT2D eigenvalue weighted by molar-refractivity contribution is -0.349. The van der Waals surface area contributed by atoms with E-state index in [1.165, 1.54) is 13.0 Å². The first-order valence-electron chi connectivity index (χ1n) is 16.3. The van der Waals surface area contributed by atoms with Gasteiger partial charge in [0.1, 0.15) is 55.4 Å². The van der Waals surface area contributed by atoms with Crippen molar-refractivity contribution in [1.82, 2.24) is 5.32 Å². The molecule has 1 amide bonds. The predicted molar refractivity (Wildman–Crippen MR) is 176 cm³/mol. The van der Waals surface area contributed by atoms with Gasteiger partial charge < -0.3 is 53.8 Å². The average Bonchev–Trinajstić information content (AvgIpc) is 3.07. The third kappa shape index (κ3) is 10.9. The lowest BCUT2D eigenvalue weighted by Gasteiger charge is -2.48. The third-order valence-corrected chi connectivity index (χ3v) is 8.02. The van der Waals surface area contributed by atoms with Crippen molar-refractivity contribution in [2.24, 2.45) is 5.41 Å². The number of carbonyl (C=O) groups is 2. The van der Waals surface area contributed by atoms with Gasteiger partial charge in [-0.15, -0.1) is 6.58 Å². The number of amides is 1. The number of ether oxygens (including phenoxy) is 7. The summed E-state index contributed by atoms with van der Waals surface area (Å²) in [7, 11) is 0. The smallest absolute Gasteiger partial charge is 0.311 e. The largest absolute Gasteiger partial charge is 0.462 e. The maximum absolute atomic E-state index is 12.5. The Morgan fingerprint density at radius 1 is 0.816 bits per heavy atom. The van der Waals surface area contributed by atoms with Crippen molar-refractivity contribution in [1.29, 1.82) is 0 Å². The third-order valence-electron chi connectivity index (χ3n) is 8.02. The number of benzene rings is 2. The van der Waals surface area contributed by atoms with E-state index >= 15 is 0 Å². The van der Waals surface area contributed by atoms with Crippen LogP contribution in [0.4, 0.5) is 0 Å². The Balaban J connectivity index is 1.58. The molecular weight excluding hydrogens is 638 g/mol. The van der Waals surface area contributed by atoms with Gasteiger partial charge in [-0.2, -0.15) is 0 Å². The van der Waals surface area contributed by atoms with Gasteiger partial charge in [-0.25, -0.2) is 0 Å². The summed E-state index contributed by atoms with van der Waals surface area (Å²) in [6.45, 7) is 9.92. The van der Waals surface area contributed by atoms with Crippen molar-refractivity contribution < 1.29 is 58.1 Å². The molecule has 2 saturated heterocycles. The van der Waals surface area contributed by atoms with E-state index in [2.05, 4.69) is 11.9 Å². The first-order chi connectivity index (χ1) is 23.4. The van der Waals surface area contributed by atoms with Gasteiger partial charge in [-0.1, -0.05) is 66.7 Å². The van der Waals surface area contributed by atoms with Gasteiger partial charge in [0.25, 0.3) is 0 Å². The van der Waals surface area contributed by atoms with Crippen molar-refractivity contribution in [2.75, 3.05) is 19.8 Å². The number of carbonyl (C=O) groups excluding carboxylic acids is 2. The van der Waals surface area contributed by atoms with Gasteiger partial charge in [0.15, 0.2) is 12.6 Å². The molecule has 10 atom stereocenters. The number of aliphatic hydroxyl groups is 3. The van der Waals surface area contributed by atoms with Crippen molar-refractivity contribution >= 4 is 11.9 Å². The standard InChI is InChI=1S/C36H49NO12/c1-6-17-44-34-30(41)32(28(39)25(47-34)21-46-35(42)36(3,4)5)49-33-27(37-22(2)38)29(40)31(45-19-24-15-11-8-12-16-24)26(48-33)20-43-18-23-13-9-7-10-14-23/h6-16,25-34,39-41H,1,17-21H2,2-5H3,(H,37,38)/t25-,26-,27-,28+,29-,30-,31-,32+,33+,34-/m1/s1. The summed E-state index contributed by atoms with van der Waals surface area (Å²) < 4.78 is 41.6. The number of nitrogens with one attached hydrogen (secondary N) is 1. The Morgan fingerprint density at radius 2 is 1.43 bits per heavy atom. The molecule has 270 valence electrons. The molecular formula is C36H49NO12. The van der Waals surface area contributed by atoms with E-state index in [-0.39, 0.29) is 33.0 Å². The maximum Gasteiger partial charge on any atom is 0.311 e. The Bertz CT molecular complexity index is 1320. The zero-order valence-electron chi connectivity index (χ0n) is 28.4. The fourth-order valence-corrected chi connectivity index (χ4v) is 5.43. The Hall–Kier alpha value is -3.24. The minimum Gasteiger partial charge on any atom is -0.462 e. The van der Waals surface area contributed by atoms with Crippen molar-refractivity contribution in [3.8, 4) is 0 Å². The van der Waals surface area contributed by atoms with Crippen LogP contribution in [0.5, 0.6) is 0 Å². The average molecular weight is 688 g/mol. The number of aliphatic hydroxyl groups excluding tert-OH is 3. The van der Waals surface area contributed by atoms with Crippen LogP contribution in [0.1, 0.15) is 38.8 Å². The molecule has 2 aliphatic heterocycles. The quantitative estimate of drug-likeness (QED) is 0.159. The van der Waals surface area contributed by atoms with Gasteiger partial charge in [0.05, 0.1) is 31.8 Å². The highest BCUT2D eigenvalue weighted by atomic mass is 16.7. The van der Waals surface area contributed by atoms with Gasteiger partial charge in [-0.05, 0) is 31.9 Å². The van der Waals surface area contributed by atoms with Crippen LogP contribution >= 0.6 is 0 Å². The predicted octanol–water partition coefficient (Wildman–Crippen LogP) is 2.00. The molecule has 0 bridgehead atoms. The molecule has 49 heavy (non-hydrogen) atoms.